The molecule has 6 nitrogen and oxygen atoms in total. The minimum Gasteiger partial charge on any atom is -0.493 e. The van der Waals surface area contributed by atoms with Crippen LogP contribution in [0.25, 0.3) is 0 Å². The van der Waals surface area contributed by atoms with E-state index in [2.05, 4.69) is 0 Å². The SMILES string of the molecule is COc1cc(C)ccc1OCCC(=O)N1CCC(C(=O)O)C1. The fourth-order valence-electron chi connectivity index (χ4n) is 2.49. The van der Waals surface area contributed by atoms with Crippen molar-refractivity contribution in [2.24, 2.45) is 5.92 Å². The largest absolute Gasteiger partial charge is 0.493 e. The van der Waals surface area contributed by atoms with Gasteiger partial charge in [-0.05, 0) is 31.0 Å². The zero-order valence-electron chi connectivity index (χ0n) is 12.9. The van der Waals surface area contributed by atoms with Gasteiger partial charge in [-0.25, -0.2) is 0 Å². The normalized spacial score (nSPS) is 17.4. The van der Waals surface area contributed by atoms with Crippen LogP contribution in [0.2, 0.25) is 0 Å². The summed E-state index contributed by atoms with van der Waals surface area (Å²) in [5, 5.41) is 8.94. The molecular weight excluding hydrogens is 286 g/mol. The summed E-state index contributed by atoms with van der Waals surface area (Å²) in [4.78, 5) is 24.5. The number of ether oxygens (including phenoxy) is 2. The number of amides is 1. The molecule has 1 saturated heterocycles. The summed E-state index contributed by atoms with van der Waals surface area (Å²) in [6.07, 6.45) is 0.747. The summed E-state index contributed by atoms with van der Waals surface area (Å²) in [6.45, 7) is 3.00. The van der Waals surface area contributed by atoms with Crippen LogP contribution in [0.3, 0.4) is 0 Å². The number of benzene rings is 1. The second-order valence-electron chi connectivity index (χ2n) is 5.42. The number of hydrogen-bond acceptors (Lipinski definition) is 4. The predicted octanol–water partition coefficient (Wildman–Crippen LogP) is 1.71. The summed E-state index contributed by atoms with van der Waals surface area (Å²) >= 11 is 0. The molecule has 1 heterocycles. The van der Waals surface area contributed by atoms with Crippen LogP contribution in [0, 0.1) is 12.8 Å². The molecule has 6 heteroatoms. The highest BCUT2D eigenvalue weighted by Gasteiger charge is 2.30. The molecule has 0 spiro atoms. The molecule has 2 rings (SSSR count). The van der Waals surface area contributed by atoms with Crippen LogP contribution < -0.4 is 9.47 Å². The molecule has 0 aromatic heterocycles. The third-order valence-electron chi connectivity index (χ3n) is 3.78. The molecule has 1 N–H and O–H groups in total. The number of carboxylic acid groups (broad SMARTS) is 1. The Morgan fingerprint density at radius 1 is 1.36 bits per heavy atom. The van der Waals surface area contributed by atoms with Gasteiger partial charge < -0.3 is 19.5 Å². The Morgan fingerprint density at radius 3 is 2.77 bits per heavy atom. The summed E-state index contributed by atoms with van der Waals surface area (Å²) in [6, 6.07) is 5.60. The minimum absolute atomic E-state index is 0.0742. The van der Waals surface area contributed by atoms with Gasteiger partial charge in [0.2, 0.25) is 5.91 Å². The average Bonchev–Trinajstić information content (AvgIpc) is 2.98. The molecule has 1 aliphatic rings. The molecule has 1 amide bonds. The summed E-state index contributed by atoms with van der Waals surface area (Å²) in [5.74, 6) is -0.113. The van der Waals surface area contributed by atoms with Crippen molar-refractivity contribution >= 4 is 11.9 Å². The third kappa shape index (κ3) is 3.90. The number of carboxylic acids is 1. The maximum absolute atomic E-state index is 12.0. The molecule has 0 bridgehead atoms. The van der Waals surface area contributed by atoms with Gasteiger partial charge in [0, 0.05) is 13.1 Å². The Balaban J connectivity index is 1.82. The number of likely N-dealkylation sites (tertiary alicyclic amines) is 1. The second kappa shape index (κ2) is 7.15. The maximum Gasteiger partial charge on any atom is 0.308 e. The van der Waals surface area contributed by atoms with Crippen LogP contribution >= 0.6 is 0 Å². The standard InChI is InChI=1S/C16H21NO5/c1-11-3-4-13(14(9-11)21-2)22-8-6-15(18)17-7-5-12(10-17)16(19)20/h3-4,9,12H,5-8,10H2,1-2H3,(H,19,20). The lowest BCUT2D eigenvalue weighted by Gasteiger charge is -2.16. The highest BCUT2D eigenvalue weighted by Crippen LogP contribution is 2.28. The van der Waals surface area contributed by atoms with Gasteiger partial charge in [-0.2, -0.15) is 0 Å². The smallest absolute Gasteiger partial charge is 0.308 e. The van der Waals surface area contributed by atoms with Crippen molar-refractivity contribution in [3.8, 4) is 11.5 Å². The highest BCUT2D eigenvalue weighted by atomic mass is 16.5. The highest BCUT2D eigenvalue weighted by molar-refractivity contribution is 5.78. The molecule has 0 saturated carbocycles. The Labute approximate surface area is 129 Å². The number of carbonyl (C=O) groups excluding carboxylic acids is 1. The Hall–Kier alpha value is -2.24. The van der Waals surface area contributed by atoms with Crippen LogP contribution in [0.5, 0.6) is 11.5 Å². The Kier molecular flexibility index (Phi) is 5.25. The molecule has 0 aliphatic carbocycles. The van der Waals surface area contributed by atoms with E-state index in [1.54, 1.807) is 12.0 Å². The number of methoxy groups -OCH3 is 1. The quantitative estimate of drug-likeness (QED) is 0.866. The van der Waals surface area contributed by atoms with E-state index in [4.69, 9.17) is 14.6 Å². The fraction of sp³-hybridized carbons (Fsp3) is 0.500. The lowest BCUT2D eigenvalue weighted by Crippen LogP contribution is -2.30. The van der Waals surface area contributed by atoms with Crippen molar-refractivity contribution in [3.63, 3.8) is 0 Å². The first-order valence-electron chi connectivity index (χ1n) is 7.29. The van der Waals surface area contributed by atoms with Gasteiger partial charge in [0.25, 0.3) is 0 Å². The van der Waals surface area contributed by atoms with E-state index in [1.807, 2.05) is 25.1 Å². The van der Waals surface area contributed by atoms with Crippen LogP contribution in [0.4, 0.5) is 0 Å². The first-order chi connectivity index (χ1) is 10.5. The summed E-state index contributed by atoms with van der Waals surface area (Å²) in [5.41, 5.74) is 1.07. The molecule has 1 aliphatic heterocycles. The van der Waals surface area contributed by atoms with Crippen molar-refractivity contribution in [1.29, 1.82) is 0 Å². The number of rotatable bonds is 6. The number of carbonyl (C=O) groups is 2. The van der Waals surface area contributed by atoms with E-state index in [1.165, 1.54) is 0 Å². The van der Waals surface area contributed by atoms with Gasteiger partial charge in [0.1, 0.15) is 0 Å². The third-order valence-corrected chi connectivity index (χ3v) is 3.78. The van der Waals surface area contributed by atoms with Crippen molar-refractivity contribution < 1.29 is 24.2 Å². The molecule has 1 aromatic rings. The van der Waals surface area contributed by atoms with Crippen LogP contribution in [-0.4, -0.2) is 48.7 Å². The van der Waals surface area contributed by atoms with E-state index in [9.17, 15) is 9.59 Å². The molecule has 0 radical (unpaired) electrons. The van der Waals surface area contributed by atoms with E-state index >= 15 is 0 Å². The lowest BCUT2D eigenvalue weighted by atomic mass is 10.1. The molecule has 1 unspecified atom stereocenters. The predicted molar refractivity (Wildman–Crippen MR) is 80.2 cm³/mol. The molecule has 1 atom stereocenters. The van der Waals surface area contributed by atoms with Gasteiger partial charge in [-0.15, -0.1) is 0 Å². The average molecular weight is 307 g/mol. The first kappa shape index (κ1) is 16.1. The minimum atomic E-state index is -0.837. The summed E-state index contributed by atoms with van der Waals surface area (Å²) in [7, 11) is 1.57. The van der Waals surface area contributed by atoms with Gasteiger partial charge >= 0.3 is 5.97 Å². The number of nitrogens with zero attached hydrogens (tertiary/aromatic N) is 1. The molecule has 1 aromatic carbocycles. The molecule has 120 valence electrons. The zero-order valence-corrected chi connectivity index (χ0v) is 12.9. The zero-order chi connectivity index (χ0) is 16.1. The van der Waals surface area contributed by atoms with E-state index < -0.39 is 11.9 Å². The van der Waals surface area contributed by atoms with Crippen molar-refractivity contribution in [2.45, 2.75) is 19.8 Å². The van der Waals surface area contributed by atoms with E-state index in [0.717, 1.165) is 5.56 Å². The molecular formula is C16H21NO5. The summed E-state index contributed by atoms with van der Waals surface area (Å²) < 4.78 is 10.8. The van der Waals surface area contributed by atoms with Gasteiger partial charge in [-0.1, -0.05) is 6.07 Å². The van der Waals surface area contributed by atoms with Gasteiger partial charge in [0.05, 0.1) is 26.1 Å². The number of aliphatic carboxylic acids is 1. The first-order valence-corrected chi connectivity index (χ1v) is 7.29. The monoisotopic (exact) mass is 307 g/mol. The fourth-order valence-corrected chi connectivity index (χ4v) is 2.49. The number of aryl methyl sites for hydroxylation is 1. The topological polar surface area (TPSA) is 76.1 Å². The molecule has 1 fully saturated rings. The number of hydrogen-bond donors (Lipinski definition) is 1. The van der Waals surface area contributed by atoms with Crippen molar-refractivity contribution in [2.75, 3.05) is 26.8 Å². The van der Waals surface area contributed by atoms with Crippen molar-refractivity contribution in [1.82, 2.24) is 4.90 Å². The van der Waals surface area contributed by atoms with Crippen molar-refractivity contribution in [3.05, 3.63) is 23.8 Å². The van der Waals surface area contributed by atoms with Gasteiger partial charge in [-0.3, -0.25) is 9.59 Å². The van der Waals surface area contributed by atoms with E-state index in [0.29, 0.717) is 31.0 Å². The Bertz CT molecular complexity index is 557. The van der Waals surface area contributed by atoms with E-state index in [-0.39, 0.29) is 18.9 Å². The van der Waals surface area contributed by atoms with Crippen LogP contribution in [-0.2, 0) is 9.59 Å². The van der Waals surface area contributed by atoms with Crippen LogP contribution in [0.15, 0.2) is 18.2 Å². The second-order valence-corrected chi connectivity index (χ2v) is 5.42. The maximum atomic E-state index is 12.0. The van der Waals surface area contributed by atoms with Crippen LogP contribution in [0.1, 0.15) is 18.4 Å². The Morgan fingerprint density at radius 2 is 2.14 bits per heavy atom. The molecule has 22 heavy (non-hydrogen) atoms. The van der Waals surface area contributed by atoms with Gasteiger partial charge in [0.15, 0.2) is 11.5 Å². The lowest BCUT2D eigenvalue weighted by molar-refractivity contribution is -0.141.